The van der Waals surface area contributed by atoms with Crippen molar-refractivity contribution >= 4 is 11.6 Å². The largest absolute Gasteiger partial charge is 0.416 e. The first-order chi connectivity index (χ1) is 9.95. The predicted molar refractivity (Wildman–Crippen MR) is 76.1 cm³/mol. The van der Waals surface area contributed by atoms with Crippen LogP contribution in [-0.4, -0.2) is 5.38 Å². The SMILES string of the molecule is FC(F)(F)c1ccc(CC(Cl)C2C3C4CCC(C4)C23)cc1. The van der Waals surface area contributed by atoms with Crippen LogP contribution >= 0.6 is 11.6 Å². The van der Waals surface area contributed by atoms with Crippen molar-refractivity contribution in [3.63, 3.8) is 0 Å². The molecule has 3 aliphatic carbocycles. The van der Waals surface area contributed by atoms with Crippen LogP contribution in [0.1, 0.15) is 30.4 Å². The van der Waals surface area contributed by atoms with Crippen molar-refractivity contribution in [2.24, 2.45) is 29.6 Å². The van der Waals surface area contributed by atoms with Gasteiger partial charge in [-0.05, 0) is 73.0 Å². The van der Waals surface area contributed by atoms with Crippen molar-refractivity contribution in [1.29, 1.82) is 0 Å². The van der Waals surface area contributed by atoms with Crippen LogP contribution in [-0.2, 0) is 12.6 Å². The minimum Gasteiger partial charge on any atom is -0.166 e. The summed E-state index contributed by atoms with van der Waals surface area (Å²) < 4.78 is 37.6. The van der Waals surface area contributed by atoms with Crippen LogP contribution in [0.25, 0.3) is 0 Å². The van der Waals surface area contributed by atoms with Gasteiger partial charge in [-0.1, -0.05) is 12.1 Å². The first-order valence-corrected chi connectivity index (χ1v) is 8.19. The molecule has 0 nitrogen and oxygen atoms in total. The molecule has 1 aromatic carbocycles. The van der Waals surface area contributed by atoms with E-state index in [9.17, 15) is 13.2 Å². The lowest BCUT2D eigenvalue weighted by atomic mass is 9.97. The van der Waals surface area contributed by atoms with E-state index >= 15 is 0 Å². The average molecular weight is 315 g/mol. The van der Waals surface area contributed by atoms with Gasteiger partial charge in [-0.15, -0.1) is 11.6 Å². The molecule has 4 heteroatoms. The Labute approximate surface area is 127 Å². The average Bonchev–Trinajstić information content (AvgIpc) is 2.88. The van der Waals surface area contributed by atoms with Gasteiger partial charge in [-0.25, -0.2) is 0 Å². The summed E-state index contributed by atoms with van der Waals surface area (Å²) in [6.07, 6.45) is 0.566. The number of hydrogen-bond donors (Lipinski definition) is 0. The first kappa shape index (κ1) is 13.9. The summed E-state index contributed by atoms with van der Waals surface area (Å²) in [6.45, 7) is 0. The fraction of sp³-hybridized carbons (Fsp3) is 0.647. The summed E-state index contributed by atoms with van der Waals surface area (Å²) in [5.74, 6) is 4.03. The lowest BCUT2D eigenvalue weighted by Gasteiger charge is -2.15. The highest BCUT2D eigenvalue weighted by atomic mass is 35.5. The summed E-state index contributed by atoms with van der Waals surface area (Å²) >= 11 is 6.58. The number of benzene rings is 1. The zero-order chi connectivity index (χ0) is 14.8. The van der Waals surface area contributed by atoms with Crippen molar-refractivity contribution in [3.05, 3.63) is 35.4 Å². The normalized spacial score (nSPS) is 38.4. The number of fused-ring (bicyclic) bond motifs is 5. The molecule has 5 unspecified atom stereocenters. The van der Waals surface area contributed by atoms with Crippen LogP contribution in [0.4, 0.5) is 13.2 Å². The fourth-order valence-electron chi connectivity index (χ4n) is 5.07. The molecule has 4 rings (SSSR count). The standard InChI is InChI=1S/C17H18ClF3/c18-13(16-14-10-3-4-11(8-10)15(14)16)7-9-1-5-12(6-2-9)17(19,20)21/h1-2,5-6,10-11,13-16H,3-4,7-8H2. The monoisotopic (exact) mass is 314 g/mol. The minimum absolute atomic E-state index is 0.0835. The van der Waals surface area contributed by atoms with Gasteiger partial charge in [0.2, 0.25) is 0 Å². The molecule has 0 aromatic heterocycles. The predicted octanol–water partition coefficient (Wildman–Crippen LogP) is 5.15. The van der Waals surface area contributed by atoms with Crippen molar-refractivity contribution in [2.45, 2.75) is 37.2 Å². The molecule has 3 saturated carbocycles. The van der Waals surface area contributed by atoms with Gasteiger partial charge in [0, 0.05) is 5.38 Å². The summed E-state index contributed by atoms with van der Waals surface area (Å²) in [4.78, 5) is 0. The molecule has 0 radical (unpaired) electrons. The second-order valence-electron chi connectivity index (χ2n) is 6.98. The van der Waals surface area contributed by atoms with Crippen LogP contribution in [0.15, 0.2) is 24.3 Å². The van der Waals surface area contributed by atoms with Gasteiger partial charge in [0.15, 0.2) is 0 Å². The third-order valence-corrected chi connectivity index (χ3v) is 6.37. The summed E-state index contributed by atoms with van der Waals surface area (Å²) in [7, 11) is 0. The highest BCUT2D eigenvalue weighted by molar-refractivity contribution is 6.21. The number of alkyl halides is 4. The lowest BCUT2D eigenvalue weighted by molar-refractivity contribution is -0.137. The third-order valence-electron chi connectivity index (χ3n) is 5.92. The smallest absolute Gasteiger partial charge is 0.166 e. The van der Waals surface area contributed by atoms with Gasteiger partial charge in [-0.3, -0.25) is 0 Å². The Morgan fingerprint density at radius 1 is 1.05 bits per heavy atom. The molecular formula is C17H18ClF3. The van der Waals surface area contributed by atoms with E-state index in [0.29, 0.717) is 12.3 Å². The Balaban J connectivity index is 1.40. The lowest BCUT2D eigenvalue weighted by Crippen LogP contribution is -2.13. The van der Waals surface area contributed by atoms with Crippen LogP contribution in [0, 0.1) is 29.6 Å². The first-order valence-electron chi connectivity index (χ1n) is 7.75. The second-order valence-corrected chi connectivity index (χ2v) is 7.54. The molecule has 0 aliphatic heterocycles. The molecule has 5 atom stereocenters. The summed E-state index contributed by atoms with van der Waals surface area (Å²) in [5.41, 5.74) is 0.332. The van der Waals surface area contributed by atoms with E-state index in [-0.39, 0.29) is 5.38 Å². The molecule has 2 bridgehead atoms. The maximum absolute atomic E-state index is 12.5. The number of hydrogen-bond acceptors (Lipinski definition) is 0. The van der Waals surface area contributed by atoms with Gasteiger partial charge < -0.3 is 0 Å². The van der Waals surface area contributed by atoms with Crippen molar-refractivity contribution in [3.8, 4) is 0 Å². The Morgan fingerprint density at radius 2 is 1.62 bits per heavy atom. The molecule has 0 saturated heterocycles. The summed E-state index contributed by atoms with van der Waals surface area (Å²) in [6, 6.07) is 5.47. The Bertz CT molecular complexity index is 520. The molecule has 3 aliphatic rings. The zero-order valence-corrected chi connectivity index (χ0v) is 12.4. The molecule has 21 heavy (non-hydrogen) atoms. The van der Waals surface area contributed by atoms with Crippen LogP contribution in [0.2, 0.25) is 0 Å². The second kappa shape index (κ2) is 4.65. The molecule has 0 spiro atoms. The van der Waals surface area contributed by atoms with E-state index in [1.54, 1.807) is 12.1 Å². The topological polar surface area (TPSA) is 0 Å². The quantitative estimate of drug-likeness (QED) is 0.677. The van der Waals surface area contributed by atoms with E-state index in [2.05, 4.69) is 0 Å². The van der Waals surface area contributed by atoms with E-state index in [1.165, 1.54) is 19.3 Å². The zero-order valence-electron chi connectivity index (χ0n) is 11.6. The van der Waals surface area contributed by atoms with Gasteiger partial charge in [0.1, 0.15) is 0 Å². The van der Waals surface area contributed by atoms with E-state index in [4.69, 9.17) is 11.6 Å². The molecular weight excluding hydrogens is 297 g/mol. The van der Waals surface area contributed by atoms with Gasteiger partial charge in [0.25, 0.3) is 0 Å². The third kappa shape index (κ3) is 2.28. The Kier molecular flexibility index (Phi) is 3.08. The highest BCUT2D eigenvalue weighted by Crippen LogP contribution is 2.71. The van der Waals surface area contributed by atoms with E-state index in [1.807, 2.05) is 0 Å². The number of halogens is 4. The highest BCUT2D eigenvalue weighted by Gasteiger charge is 2.66. The molecule has 0 heterocycles. The van der Waals surface area contributed by atoms with Gasteiger partial charge in [0.05, 0.1) is 5.56 Å². The van der Waals surface area contributed by atoms with Crippen LogP contribution < -0.4 is 0 Å². The van der Waals surface area contributed by atoms with Crippen LogP contribution in [0.3, 0.4) is 0 Å². The Hall–Kier alpha value is -0.700. The molecule has 0 N–H and O–H groups in total. The van der Waals surface area contributed by atoms with Crippen LogP contribution in [0.5, 0.6) is 0 Å². The molecule has 0 amide bonds. The number of rotatable bonds is 3. The molecule has 3 fully saturated rings. The van der Waals surface area contributed by atoms with E-state index in [0.717, 1.165) is 41.4 Å². The maximum atomic E-state index is 12.5. The molecule has 1 aromatic rings. The Morgan fingerprint density at radius 3 is 2.14 bits per heavy atom. The van der Waals surface area contributed by atoms with Gasteiger partial charge in [-0.2, -0.15) is 13.2 Å². The van der Waals surface area contributed by atoms with Crippen molar-refractivity contribution in [1.82, 2.24) is 0 Å². The van der Waals surface area contributed by atoms with Crippen molar-refractivity contribution < 1.29 is 13.2 Å². The summed E-state index contributed by atoms with van der Waals surface area (Å²) in [5, 5.41) is 0.0835. The fourth-order valence-corrected chi connectivity index (χ4v) is 5.58. The van der Waals surface area contributed by atoms with Gasteiger partial charge >= 0.3 is 6.18 Å². The van der Waals surface area contributed by atoms with E-state index < -0.39 is 11.7 Å². The minimum atomic E-state index is -4.26. The molecule has 114 valence electrons. The van der Waals surface area contributed by atoms with Crippen molar-refractivity contribution in [2.75, 3.05) is 0 Å². The maximum Gasteiger partial charge on any atom is 0.416 e.